The van der Waals surface area contributed by atoms with Crippen molar-refractivity contribution in [2.24, 2.45) is 0 Å². The lowest BCUT2D eigenvalue weighted by Gasteiger charge is -2.14. The standard InChI is InChI=1S/C13H15ClN2S/c1-8-6-11(13(14)15-7-8)16-10(3)12-5-4-9(2)17-12/h4-7,10,16H,1-3H3. The van der Waals surface area contributed by atoms with Gasteiger partial charge in [-0.3, -0.25) is 0 Å². The Hall–Kier alpha value is -1.06. The van der Waals surface area contributed by atoms with Gasteiger partial charge in [-0.15, -0.1) is 11.3 Å². The van der Waals surface area contributed by atoms with E-state index in [0.717, 1.165) is 11.3 Å². The van der Waals surface area contributed by atoms with Gasteiger partial charge in [0.15, 0.2) is 5.15 Å². The summed E-state index contributed by atoms with van der Waals surface area (Å²) < 4.78 is 0. The van der Waals surface area contributed by atoms with Crippen molar-refractivity contribution in [3.8, 4) is 0 Å². The number of rotatable bonds is 3. The number of aromatic nitrogens is 1. The van der Waals surface area contributed by atoms with Crippen LogP contribution in [0.5, 0.6) is 0 Å². The molecule has 1 N–H and O–H groups in total. The molecule has 0 fully saturated rings. The number of nitrogens with zero attached hydrogens (tertiary/aromatic N) is 1. The lowest BCUT2D eigenvalue weighted by atomic mass is 10.2. The molecule has 17 heavy (non-hydrogen) atoms. The lowest BCUT2D eigenvalue weighted by Crippen LogP contribution is -2.06. The maximum Gasteiger partial charge on any atom is 0.152 e. The molecule has 90 valence electrons. The summed E-state index contributed by atoms with van der Waals surface area (Å²) in [6.45, 7) is 6.25. The molecule has 2 rings (SSSR count). The van der Waals surface area contributed by atoms with Gasteiger partial charge >= 0.3 is 0 Å². The van der Waals surface area contributed by atoms with Gasteiger partial charge in [-0.1, -0.05) is 11.6 Å². The van der Waals surface area contributed by atoms with Gasteiger partial charge in [0.05, 0.1) is 11.7 Å². The molecule has 0 aliphatic heterocycles. The molecule has 0 saturated heterocycles. The number of nitrogens with one attached hydrogen (secondary N) is 1. The monoisotopic (exact) mass is 266 g/mol. The van der Waals surface area contributed by atoms with Crippen molar-refractivity contribution >= 4 is 28.6 Å². The topological polar surface area (TPSA) is 24.9 Å². The first-order valence-corrected chi connectivity index (χ1v) is 6.70. The van der Waals surface area contributed by atoms with E-state index in [1.807, 2.05) is 13.0 Å². The fourth-order valence-electron chi connectivity index (χ4n) is 1.64. The Kier molecular flexibility index (Phi) is 3.69. The molecule has 1 atom stereocenters. The number of anilines is 1. The van der Waals surface area contributed by atoms with Crippen LogP contribution in [0.4, 0.5) is 5.69 Å². The summed E-state index contributed by atoms with van der Waals surface area (Å²) in [6.07, 6.45) is 1.77. The Labute approximate surface area is 111 Å². The van der Waals surface area contributed by atoms with E-state index in [2.05, 4.69) is 36.3 Å². The minimum Gasteiger partial charge on any atom is -0.375 e. The Balaban J connectivity index is 2.18. The summed E-state index contributed by atoms with van der Waals surface area (Å²) in [7, 11) is 0. The van der Waals surface area contributed by atoms with Crippen LogP contribution in [0.15, 0.2) is 24.4 Å². The van der Waals surface area contributed by atoms with Crippen LogP contribution in [0.3, 0.4) is 0 Å². The van der Waals surface area contributed by atoms with Crippen LogP contribution in [0, 0.1) is 13.8 Å². The van der Waals surface area contributed by atoms with E-state index in [4.69, 9.17) is 11.6 Å². The highest BCUT2D eigenvalue weighted by atomic mass is 35.5. The third-order valence-corrected chi connectivity index (χ3v) is 4.02. The van der Waals surface area contributed by atoms with E-state index < -0.39 is 0 Å². The highest BCUT2D eigenvalue weighted by molar-refractivity contribution is 7.12. The smallest absolute Gasteiger partial charge is 0.152 e. The van der Waals surface area contributed by atoms with Gasteiger partial charge in [-0.05, 0) is 44.5 Å². The van der Waals surface area contributed by atoms with Crippen LogP contribution in [0.25, 0.3) is 0 Å². The van der Waals surface area contributed by atoms with Crippen molar-refractivity contribution in [2.45, 2.75) is 26.8 Å². The Bertz CT molecular complexity index is 522. The number of hydrogen-bond acceptors (Lipinski definition) is 3. The largest absolute Gasteiger partial charge is 0.375 e. The molecule has 4 heteroatoms. The first-order valence-electron chi connectivity index (χ1n) is 5.51. The zero-order valence-electron chi connectivity index (χ0n) is 10.1. The van der Waals surface area contributed by atoms with Crippen molar-refractivity contribution in [3.05, 3.63) is 44.9 Å². The van der Waals surface area contributed by atoms with Gasteiger partial charge in [0.2, 0.25) is 0 Å². The van der Waals surface area contributed by atoms with Gasteiger partial charge in [-0.25, -0.2) is 4.98 Å². The van der Waals surface area contributed by atoms with E-state index >= 15 is 0 Å². The molecule has 0 bridgehead atoms. The fourth-order valence-corrected chi connectivity index (χ4v) is 2.68. The molecule has 2 aromatic heterocycles. The van der Waals surface area contributed by atoms with Gasteiger partial charge in [0.25, 0.3) is 0 Å². The van der Waals surface area contributed by atoms with Crippen LogP contribution in [-0.4, -0.2) is 4.98 Å². The highest BCUT2D eigenvalue weighted by Crippen LogP contribution is 2.28. The van der Waals surface area contributed by atoms with Crippen LogP contribution in [-0.2, 0) is 0 Å². The van der Waals surface area contributed by atoms with E-state index in [-0.39, 0.29) is 6.04 Å². The minimum absolute atomic E-state index is 0.245. The number of pyridine rings is 1. The normalized spacial score (nSPS) is 12.5. The minimum atomic E-state index is 0.245. The molecule has 0 aliphatic carbocycles. The highest BCUT2D eigenvalue weighted by Gasteiger charge is 2.10. The molecule has 0 radical (unpaired) electrons. The summed E-state index contributed by atoms with van der Waals surface area (Å²) in [6, 6.07) is 6.55. The third-order valence-electron chi connectivity index (χ3n) is 2.54. The molecule has 0 aromatic carbocycles. The van der Waals surface area contributed by atoms with Crippen molar-refractivity contribution in [1.29, 1.82) is 0 Å². The third kappa shape index (κ3) is 2.99. The predicted octanol–water partition coefficient (Wildman–Crippen LogP) is 4.59. The zero-order chi connectivity index (χ0) is 12.4. The Morgan fingerprint density at radius 1 is 1.35 bits per heavy atom. The first-order chi connectivity index (χ1) is 8.06. The average molecular weight is 267 g/mol. The molecule has 0 spiro atoms. The molecule has 0 amide bonds. The van der Waals surface area contributed by atoms with Gasteiger partial charge in [0, 0.05) is 16.0 Å². The molecular weight excluding hydrogens is 252 g/mol. The first kappa shape index (κ1) is 12.4. The fraction of sp³-hybridized carbons (Fsp3) is 0.308. The molecule has 2 nitrogen and oxygen atoms in total. The molecule has 2 heterocycles. The molecule has 2 aromatic rings. The van der Waals surface area contributed by atoms with Crippen molar-refractivity contribution in [3.63, 3.8) is 0 Å². The van der Waals surface area contributed by atoms with Crippen molar-refractivity contribution < 1.29 is 0 Å². The second-order valence-corrected chi connectivity index (χ2v) is 5.84. The molecule has 0 aliphatic rings. The molecule has 1 unspecified atom stereocenters. The second-order valence-electron chi connectivity index (χ2n) is 4.17. The molecule has 0 saturated carbocycles. The van der Waals surface area contributed by atoms with E-state index in [1.54, 1.807) is 17.5 Å². The SMILES string of the molecule is Cc1cnc(Cl)c(NC(C)c2ccc(C)s2)c1. The summed E-state index contributed by atoms with van der Waals surface area (Å²) in [5.41, 5.74) is 2.00. The summed E-state index contributed by atoms with van der Waals surface area (Å²) in [5, 5.41) is 3.92. The number of aryl methyl sites for hydroxylation is 2. The number of thiophene rings is 1. The lowest BCUT2D eigenvalue weighted by molar-refractivity contribution is 0.905. The Morgan fingerprint density at radius 2 is 2.12 bits per heavy atom. The van der Waals surface area contributed by atoms with Gasteiger partial charge < -0.3 is 5.32 Å². The zero-order valence-corrected chi connectivity index (χ0v) is 11.7. The summed E-state index contributed by atoms with van der Waals surface area (Å²) in [5.74, 6) is 0. The maximum absolute atomic E-state index is 6.06. The number of hydrogen-bond donors (Lipinski definition) is 1. The average Bonchev–Trinajstić information content (AvgIpc) is 2.70. The second kappa shape index (κ2) is 5.07. The number of halogens is 1. The van der Waals surface area contributed by atoms with E-state index in [9.17, 15) is 0 Å². The molecular formula is C13H15ClN2S. The van der Waals surface area contributed by atoms with E-state index in [0.29, 0.717) is 5.15 Å². The summed E-state index contributed by atoms with van der Waals surface area (Å²) in [4.78, 5) is 6.76. The van der Waals surface area contributed by atoms with Crippen LogP contribution < -0.4 is 5.32 Å². The van der Waals surface area contributed by atoms with Crippen LogP contribution >= 0.6 is 22.9 Å². The van der Waals surface area contributed by atoms with Crippen molar-refractivity contribution in [1.82, 2.24) is 4.98 Å². The van der Waals surface area contributed by atoms with Crippen LogP contribution in [0.2, 0.25) is 5.15 Å². The van der Waals surface area contributed by atoms with Crippen LogP contribution in [0.1, 0.15) is 28.3 Å². The Morgan fingerprint density at radius 3 is 2.76 bits per heavy atom. The van der Waals surface area contributed by atoms with Gasteiger partial charge in [-0.2, -0.15) is 0 Å². The predicted molar refractivity (Wildman–Crippen MR) is 75.1 cm³/mol. The van der Waals surface area contributed by atoms with E-state index in [1.165, 1.54) is 9.75 Å². The quantitative estimate of drug-likeness (QED) is 0.822. The maximum atomic E-state index is 6.06. The summed E-state index contributed by atoms with van der Waals surface area (Å²) >= 11 is 7.86. The van der Waals surface area contributed by atoms with Gasteiger partial charge in [0.1, 0.15) is 0 Å². The van der Waals surface area contributed by atoms with Crippen molar-refractivity contribution in [2.75, 3.05) is 5.32 Å².